The second kappa shape index (κ2) is 10.8. The Morgan fingerprint density at radius 2 is 0.750 bits per heavy atom. The van der Waals surface area contributed by atoms with Gasteiger partial charge in [-0.3, -0.25) is 0 Å². The molecule has 44 heavy (non-hydrogen) atoms. The first-order valence-corrected chi connectivity index (χ1v) is 14.3. The molecule has 0 atom stereocenters. The normalized spacial score (nSPS) is 11.3. The van der Waals surface area contributed by atoms with E-state index < -0.39 is 0 Å². The number of rotatable bonds is 0. The third kappa shape index (κ3) is 4.12. The molecule has 0 radical (unpaired) electrons. The van der Waals surface area contributed by atoms with Gasteiger partial charge in [-0.1, -0.05) is 111 Å². The van der Waals surface area contributed by atoms with Crippen LogP contribution in [0.25, 0.3) is 89.7 Å². The molecule has 0 fully saturated rings. The van der Waals surface area contributed by atoms with Crippen LogP contribution in [0.2, 0.25) is 0 Å². The first kappa shape index (κ1) is 27.6. The van der Waals surface area contributed by atoms with Gasteiger partial charge in [0, 0.05) is 51.4 Å². The first-order valence-electron chi connectivity index (χ1n) is 14.3. The molecule has 0 amide bonds. The fourth-order valence-corrected chi connectivity index (χ4v) is 5.80. The third-order valence-corrected chi connectivity index (χ3v) is 7.75. The van der Waals surface area contributed by atoms with Gasteiger partial charge < -0.3 is 19.5 Å². The van der Waals surface area contributed by atoms with Crippen molar-refractivity contribution >= 4 is 44.1 Å². The summed E-state index contributed by atoms with van der Waals surface area (Å²) in [6.45, 7) is 4.00. The third-order valence-electron chi connectivity index (χ3n) is 7.75. The summed E-state index contributed by atoms with van der Waals surface area (Å²) >= 11 is 0. The van der Waals surface area contributed by atoms with Crippen LogP contribution in [0.1, 0.15) is 13.8 Å². The zero-order valence-corrected chi connectivity index (χ0v) is 25.1. The molecule has 9 rings (SSSR count). The zero-order chi connectivity index (χ0) is 29.1. The van der Waals surface area contributed by atoms with Crippen LogP contribution < -0.4 is 4.98 Å². The number of hydrogen-bond acceptors (Lipinski definition) is 6. The molecule has 8 bridgehead atoms. The van der Waals surface area contributed by atoms with Crippen LogP contribution in [-0.4, -0.2) is 34.5 Å². The molecule has 5 heterocycles. The van der Waals surface area contributed by atoms with Gasteiger partial charge in [0.2, 0.25) is 0 Å². The minimum Gasteiger partial charge on any atom is -0.357 e. The van der Waals surface area contributed by atoms with E-state index in [0.717, 1.165) is 55.1 Å². The summed E-state index contributed by atoms with van der Waals surface area (Å²) in [5.74, 6) is 2.35. The van der Waals surface area contributed by atoms with Crippen molar-refractivity contribution in [1.29, 1.82) is 0 Å². The van der Waals surface area contributed by atoms with Gasteiger partial charge in [0.15, 0.2) is 11.6 Å². The molecule has 2 aliphatic heterocycles. The number of aromatic nitrogens is 8. The summed E-state index contributed by atoms with van der Waals surface area (Å²) in [7, 11) is 1.98. The molecule has 4 aromatic carbocycles. The molecule has 2 aliphatic rings. The SMILES string of the molecule is CC.Cn1c2nc3nc(nc4[n-]c(nc5nc(nc1c1ccccc12)-c1ccccc1-5)c1ccccc41)-c1ccccc1-3.[Cu+]. The molecule has 0 N–H and O–H groups in total. The average Bonchev–Trinajstić information content (AvgIpc) is 3.77. The van der Waals surface area contributed by atoms with Crippen LogP contribution in [0, 0.1) is 0 Å². The summed E-state index contributed by atoms with van der Waals surface area (Å²) in [6.07, 6.45) is 0. The monoisotopic (exact) mass is 620 g/mol. The van der Waals surface area contributed by atoms with E-state index in [-0.39, 0.29) is 17.1 Å². The van der Waals surface area contributed by atoms with E-state index in [1.165, 1.54) is 0 Å². The summed E-state index contributed by atoms with van der Waals surface area (Å²) in [5, 5.41) is 3.77. The van der Waals surface area contributed by atoms with Crippen LogP contribution >= 0.6 is 0 Å². The van der Waals surface area contributed by atoms with Crippen molar-refractivity contribution in [2.24, 2.45) is 7.05 Å². The van der Waals surface area contributed by atoms with Gasteiger partial charge in [-0.05, 0) is 10.8 Å². The average molecular weight is 621 g/mol. The fourth-order valence-electron chi connectivity index (χ4n) is 5.80. The first-order chi connectivity index (χ1) is 21.2. The van der Waals surface area contributed by atoms with Crippen LogP contribution in [0.5, 0.6) is 0 Å². The Labute approximate surface area is 263 Å². The Bertz CT molecular complexity index is 2240. The Balaban J connectivity index is 0.00000102. The molecule has 0 saturated heterocycles. The molecule has 0 saturated carbocycles. The van der Waals surface area contributed by atoms with Crippen LogP contribution in [0.15, 0.2) is 97.1 Å². The zero-order valence-electron chi connectivity index (χ0n) is 24.1. The Morgan fingerprint density at radius 3 is 1.14 bits per heavy atom. The summed E-state index contributed by atoms with van der Waals surface area (Å²) in [4.78, 5) is 35.0. The molecule has 3 aromatic heterocycles. The van der Waals surface area contributed by atoms with Gasteiger partial charge >= 0.3 is 17.1 Å². The number of hydrogen-bond donors (Lipinski definition) is 0. The quantitative estimate of drug-likeness (QED) is 0.162. The number of benzene rings is 4. The second-order valence-corrected chi connectivity index (χ2v) is 10.1. The van der Waals surface area contributed by atoms with E-state index in [0.29, 0.717) is 34.6 Å². The molecule has 8 nitrogen and oxygen atoms in total. The fraction of sp³-hybridized carbons (Fsp3) is 0.0857. The number of aryl methyl sites for hydroxylation is 1. The van der Waals surface area contributed by atoms with E-state index in [1.807, 2.05) is 110 Å². The Kier molecular flexibility index (Phi) is 6.77. The van der Waals surface area contributed by atoms with Gasteiger partial charge in [-0.2, -0.15) is 0 Å². The van der Waals surface area contributed by atoms with Gasteiger partial charge in [0.25, 0.3) is 0 Å². The van der Waals surface area contributed by atoms with E-state index in [9.17, 15) is 0 Å². The van der Waals surface area contributed by atoms with Crippen molar-refractivity contribution in [3.05, 3.63) is 97.1 Å². The number of nitrogens with zero attached hydrogens (tertiary/aromatic N) is 8. The molecule has 9 heteroatoms. The number of fused-ring (bicyclic) bond motifs is 20. The maximum absolute atomic E-state index is 5.12. The van der Waals surface area contributed by atoms with Crippen molar-refractivity contribution in [3.63, 3.8) is 0 Å². The van der Waals surface area contributed by atoms with Crippen LogP contribution in [0.3, 0.4) is 0 Å². The topological polar surface area (TPSA) is 96.4 Å². The minimum absolute atomic E-state index is 0. The predicted octanol–water partition coefficient (Wildman–Crippen LogP) is 7.53. The van der Waals surface area contributed by atoms with Gasteiger partial charge in [0.1, 0.15) is 11.3 Å². The molecule has 0 aliphatic carbocycles. The summed E-state index contributed by atoms with van der Waals surface area (Å²) in [5.41, 5.74) is 6.33. The molecule has 7 aromatic rings. The summed E-state index contributed by atoms with van der Waals surface area (Å²) in [6, 6.07) is 32.2. The van der Waals surface area contributed by atoms with Gasteiger partial charge in [-0.15, -0.1) is 0 Å². The van der Waals surface area contributed by atoms with E-state index in [4.69, 9.17) is 34.9 Å². The van der Waals surface area contributed by atoms with Crippen molar-refractivity contribution in [1.82, 2.24) is 39.5 Å². The molecule has 0 spiro atoms. The predicted molar refractivity (Wildman–Crippen MR) is 171 cm³/mol. The van der Waals surface area contributed by atoms with E-state index in [2.05, 4.69) is 12.1 Å². The maximum Gasteiger partial charge on any atom is 1.00 e. The minimum atomic E-state index is 0. The van der Waals surface area contributed by atoms with Crippen molar-refractivity contribution < 1.29 is 17.1 Å². The van der Waals surface area contributed by atoms with Crippen LogP contribution in [0.4, 0.5) is 0 Å². The van der Waals surface area contributed by atoms with Crippen molar-refractivity contribution in [3.8, 4) is 45.6 Å². The van der Waals surface area contributed by atoms with Gasteiger partial charge in [0.05, 0.1) is 11.6 Å². The van der Waals surface area contributed by atoms with Gasteiger partial charge in [-0.25, -0.2) is 19.9 Å². The molecular weight excluding hydrogens is 596 g/mol. The largest absolute Gasteiger partial charge is 1.00 e. The Morgan fingerprint density at radius 1 is 0.432 bits per heavy atom. The molecular formula is C35H25CuN8. The van der Waals surface area contributed by atoms with E-state index >= 15 is 0 Å². The van der Waals surface area contributed by atoms with Crippen molar-refractivity contribution in [2.75, 3.05) is 0 Å². The molecule has 0 unspecified atom stereocenters. The second-order valence-electron chi connectivity index (χ2n) is 10.1. The Hall–Kier alpha value is -5.24. The van der Waals surface area contributed by atoms with Crippen molar-refractivity contribution in [2.45, 2.75) is 13.8 Å². The maximum atomic E-state index is 5.12. The summed E-state index contributed by atoms with van der Waals surface area (Å²) < 4.78 is 2.01. The standard InChI is InChI=1S/C33H19N8.C2H6.Cu/c1-41-32-24-16-8-9-17-25(24)33(41)40-31-23-15-7-5-13-21(23)29(38-31)36-27-19-11-3-2-10-18(19)26(34-27)35-28-20-12-4-6-14-22(20)30(37-28)39-32;1-2;/h2-17H,1H3;1-2H3;/q-1;;+1. The van der Waals surface area contributed by atoms with Crippen LogP contribution in [-0.2, 0) is 24.1 Å². The smallest absolute Gasteiger partial charge is 0.357 e. The molecule has 216 valence electrons. The van der Waals surface area contributed by atoms with E-state index in [1.54, 1.807) is 0 Å².